The third-order valence-corrected chi connectivity index (χ3v) is 5.40. The molecule has 0 aromatic carbocycles. The maximum atomic E-state index is 11.6. The lowest BCUT2D eigenvalue weighted by atomic mass is 9.99. The van der Waals surface area contributed by atoms with Crippen LogP contribution >= 0.6 is 15.9 Å². The van der Waals surface area contributed by atoms with Crippen LogP contribution in [0.1, 0.15) is 24.6 Å². The van der Waals surface area contributed by atoms with Crippen molar-refractivity contribution in [3.05, 3.63) is 22.8 Å². The molecule has 2 N–H and O–H groups in total. The molecular weight excluding hydrogens is 336 g/mol. The highest BCUT2D eigenvalue weighted by Crippen LogP contribution is 2.62. The zero-order valence-electron chi connectivity index (χ0n) is 11.5. The van der Waals surface area contributed by atoms with Gasteiger partial charge in [-0.1, -0.05) is 0 Å². The molecule has 6 nitrogen and oxygen atoms in total. The lowest BCUT2D eigenvalue weighted by molar-refractivity contribution is -0.143. The summed E-state index contributed by atoms with van der Waals surface area (Å²) >= 11 is 3.46. The molecule has 0 aliphatic heterocycles. The van der Waals surface area contributed by atoms with Crippen molar-refractivity contribution in [2.24, 2.45) is 17.8 Å². The number of ether oxygens (including phenoxy) is 1. The van der Waals surface area contributed by atoms with E-state index < -0.39 is 0 Å². The van der Waals surface area contributed by atoms with Crippen molar-refractivity contribution in [1.82, 2.24) is 14.4 Å². The van der Waals surface area contributed by atoms with Crippen LogP contribution < -0.4 is 5.73 Å². The average molecular weight is 351 g/mol. The maximum absolute atomic E-state index is 11.6. The van der Waals surface area contributed by atoms with Crippen molar-refractivity contribution in [3.63, 3.8) is 0 Å². The third kappa shape index (κ3) is 1.79. The molecule has 2 fully saturated rings. The summed E-state index contributed by atoms with van der Waals surface area (Å²) in [4.78, 5) is 20.3. The second-order valence-corrected chi connectivity index (χ2v) is 6.59. The second-order valence-electron chi connectivity index (χ2n) is 5.84. The maximum Gasteiger partial charge on any atom is 0.309 e. The van der Waals surface area contributed by atoms with Gasteiger partial charge in [0.05, 0.1) is 13.0 Å². The molecule has 2 aromatic heterocycles. The zero-order valence-corrected chi connectivity index (χ0v) is 13.1. The van der Waals surface area contributed by atoms with E-state index in [1.807, 2.05) is 10.6 Å². The molecule has 2 aliphatic rings. The highest BCUT2D eigenvalue weighted by atomic mass is 79.9. The minimum Gasteiger partial charge on any atom is -0.469 e. The number of carbonyl (C=O) groups excluding carboxylic acids is 1. The number of hydrogen-bond donors (Lipinski definition) is 1. The van der Waals surface area contributed by atoms with Crippen molar-refractivity contribution in [3.8, 4) is 0 Å². The number of rotatable bonds is 2. The Balaban J connectivity index is 1.63. The molecule has 21 heavy (non-hydrogen) atoms. The molecule has 0 radical (unpaired) electrons. The number of esters is 1. The standard InChI is InChI=1S/C14H15BrN4O2/c1-21-14(20)9-7-4-6(5-8(7)9)13-18-11(15)10-12(16)17-2-3-19(10)13/h2-3,6-9H,4-5H2,1H3,(H2,16,17). The van der Waals surface area contributed by atoms with Gasteiger partial charge in [0.2, 0.25) is 0 Å². The molecule has 2 atom stereocenters. The summed E-state index contributed by atoms with van der Waals surface area (Å²) in [6.07, 6.45) is 5.55. The van der Waals surface area contributed by atoms with Crippen LogP contribution in [-0.4, -0.2) is 27.4 Å². The lowest BCUT2D eigenvalue weighted by Crippen LogP contribution is -2.11. The topological polar surface area (TPSA) is 82.5 Å². The van der Waals surface area contributed by atoms with Crippen LogP contribution in [0.3, 0.4) is 0 Å². The summed E-state index contributed by atoms with van der Waals surface area (Å²) in [5, 5.41) is 0. The lowest BCUT2D eigenvalue weighted by Gasteiger charge is -2.12. The van der Waals surface area contributed by atoms with Crippen LogP contribution in [0.4, 0.5) is 5.82 Å². The molecule has 0 amide bonds. The summed E-state index contributed by atoms with van der Waals surface area (Å²) < 4.78 is 7.59. The zero-order chi connectivity index (χ0) is 14.7. The van der Waals surface area contributed by atoms with Crippen molar-refractivity contribution >= 4 is 33.2 Å². The predicted octanol–water partition coefficient (Wildman–Crippen LogP) is 1.99. The van der Waals surface area contributed by atoms with E-state index in [4.69, 9.17) is 10.5 Å². The van der Waals surface area contributed by atoms with E-state index in [9.17, 15) is 4.79 Å². The number of nitrogens with two attached hydrogens (primary N) is 1. The Morgan fingerprint density at radius 2 is 2.19 bits per heavy atom. The van der Waals surface area contributed by atoms with Crippen molar-refractivity contribution in [1.29, 1.82) is 0 Å². The number of nitrogen functional groups attached to an aromatic ring is 1. The monoisotopic (exact) mass is 350 g/mol. The first-order valence-electron chi connectivity index (χ1n) is 6.97. The first kappa shape index (κ1) is 13.1. The van der Waals surface area contributed by atoms with Crippen LogP contribution in [0, 0.1) is 17.8 Å². The Morgan fingerprint density at radius 3 is 2.86 bits per heavy atom. The molecule has 2 aromatic rings. The number of carbonyl (C=O) groups is 1. The molecule has 2 unspecified atom stereocenters. The first-order chi connectivity index (χ1) is 10.1. The van der Waals surface area contributed by atoms with Crippen molar-refractivity contribution in [2.75, 3.05) is 12.8 Å². The summed E-state index contributed by atoms with van der Waals surface area (Å²) in [6.45, 7) is 0. The molecule has 2 heterocycles. The molecule has 7 heteroatoms. The minimum atomic E-state index is -0.0638. The van der Waals surface area contributed by atoms with Gasteiger partial charge in [0, 0.05) is 18.3 Å². The largest absolute Gasteiger partial charge is 0.469 e. The van der Waals surface area contributed by atoms with Gasteiger partial charge in [-0.3, -0.25) is 9.20 Å². The van der Waals surface area contributed by atoms with E-state index in [1.165, 1.54) is 7.11 Å². The van der Waals surface area contributed by atoms with Gasteiger partial charge in [-0.05, 0) is 40.6 Å². The molecule has 0 bridgehead atoms. The van der Waals surface area contributed by atoms with Gasteiger partial charge in [-0.2, -0.15) is 0 Å². The Hall–Kier alpha value is -1.63. The van der Waals surface area contributed by atoms with Crippen LogP contribution in [0.25, 0.3) is 5.52 Å². The number of halogens is 1. The summed E-state index contributed by atoms with van der Waals surface area (Å²) in [6, 6.07) is 0. The smallest absolute Gasteiger partial charge is 0.309 e. The Labute approximate surface area is 129 Å². The van der Waals surface area contributed by atoms with E-state index in [-0.39, 0.29) is 11.9 Å². The fraction of sp³-hybridized carbons (Fsp3) is 0.500. The van der Waals surface area contributed by atoms with Gasteiger partial charge in [0.25, 0.3) is 0 Å². The van der Waals surface area contributed by atoms with Gasteiger partial charge in [-0.15, -0.1) is 0 Å². The van der Waals surface area contributed by atoms with E-state index in [0.717, 1.165) is 28.8 Å². The molecular formula is C14H15BrN4O2. The second kappa shape index (κ2) is 4.43. The van der Waals surface area contributed by atoms with Gasteiger partial charge in [0.1, 0.15) is 15.9 Å². The molecule has 0 spiro atoms. The van der Waals surface area contributed by atoms with E-state index in [0.29, 0.717) is 23.6 Å². The average Bonchev–Trinajstić information content (AvgIpc) is 2.83. The highest BCUT2D eigenvalue weighted by molar-refractivity contribution is 9.10. The fourth-order valence-corrected chi connectivity index (χ4v) is 4.44. The third-order valence-electron chi connectivity index (χ3n) is 4.85. The molecule has 2 aliphatic carbocycles. The van der Waals surface area contributed by atoms with Crippen LogP contribution in [-0.2, 0) is 9.53 Å². The molecule has 2 saturated carbocycles. The van der Waals surface area contributed by atoms with Crippen LogP contribution in [0.15, 0.2) is 17.0 Å². The highest BCUT2D eigenvalue weighted by Gasteiger charge is 2.60. The number of fused-ring (bicyclic) bond motifs is 2. The minimum absolute atomic E-state index is 0.0638. The summed E-state index contributed by atoms with van der Waals surface area (Å²) in [5.41, 5.74) is 6.74. The van der Waals surface area contributed by atoms with E-state index in [2.05, 4.69) is 25.9 Å². The Bertz CT molecular complexity index is 732. The molecule has 4 rings (SSSR count). The number of anilines is 1. The number of hydrogen-bond acceptors (Lipinski definition) is 5. The fourth-order valence-electron chi connectivity index (χ4n) is 3.87. The van der Waals surface area contributed by atoms with Gasteiger partial charge < -0.3 is 10.5 Å². The SMILES string of the molecule is COC(=O)C1C2CC(c3nc(Br)c4c(N)nccn34)CC21. The first-order valence-corrected chi connectivity index (χ1v) is 7.77. The molecule has 110 valence electrons. The van der Waals surface area contributed by atoms with E-state index in [1.54, 1.807) is 6.20 Å². The molecule has 0 saturated heterocycles. The Kier molecular flexibility index (Phi) is 2.76. The van der Waals surface area contributed by atoms with Crippen LogP contribution in [0.5, 0.6) is 0 Å². The van der Waals surface area contributed by atoms with Gasteiger partial charge in [-0.25, -0.2) is 9.97 Å². The Morgan fingerprint density at radius 1 is 1.48 bits per heavy atom. The predicted molar refractivity (Wildman–Crippen MR) is 79.6 cm³/mol. The number of nitrogens with zero attached hydrogens (tertiary/aromatic N) is 3. The van der Waals surface area contributed by atoms with Crippen LogP contribution in [0.2, 0.25) is 0 Å². The van der Waals surface area contributed by atoms with Gasteiger partial charge in [0.15, 0.2) is 5.82 Å². The van der Waals surface area contributed by atoms with Crippen molar-refractivity contribution in [2.45, 2.75) is 18.8 Å². The summed E-state index contributed by atoms with van der Waals surface area (Å²) in [5.74, 6) is 2.78. The number of aromatic nitrogens is 3. The quantitative estimate of drug-likeness (QED) is 0.837. The summed E-state index contributed by atoms with van der Waals surface area (Å²) in [7, 11) is 1.46. The normalized spacial score (nSPS) is 30.4. The number of imidazole rings is 1. The van der Waals surface area contributed by atoms with Crippen molar-refractivity contribution < 1.29 is 9.53 Å². The van der Waals surface area contributed by atoms with E-state index >= 15 is 0 Å². The number of methoxy groups -OCH3 is 1. The van der Waals surface area contributed by atoms with Gasteiger partial charge >= 0.3 is 5.97 Å².